The summed E-state index contributed by atoms with van der Waals surface area (Å²) in [5.74, 6) is -0.453. The highest BCUT2D eigenvalue weighted by Crippen LogP contribution is 2.36. The number of hydrazone groups is 1. The number of anilines is 1. The molecule has 0 aromatic heterocycles. The Morgan fingerprint density at radius 2 is 1.83 bits per heavy atom. The summed E-state index contributed by atoms with van der Waals surface area (Å²) < 4.78 is 0. The second-order valence-electron chi connectivity index (χ2n) is 7.05. The number of nitrogens with one attached hydrogen (secondary N) is 1. The Morgan fingerprint density at radius 1 is 1.17 bits per heavy atom. The van der Waals surface area contributed by atoms with E-state index in [4.69, 9.17) is 0 Å². The van der Waals surface area contributed by atoms with Crippen molar-refractivity contribution in [3.63, 3.8) is 0 Å². The number of carbonyl (C=O) groups is 2. The monoisotopic (exact) mass is 323 g/mol. The Kier molecular flexibility index (Phi) is 3.87. The number of nitrogens with zero attached hydrogens (tertiary/aromatic N) is 2. The first kappa shape index (κ1) is 16.2. The highest BCUT2D eigenvalue weighted by atomic mass is 16.2. The van der Waals surface area contributed by atoms with E-state index in [-0.39, 0.29) is 23.8 Å². The molecule has 0 saturated carbocycles. The Balaban J connectivity index is 1.82. The molecule has 124 valence electrons. The van der Waals surface area contributed by atoms with E-state index in [9.17, 15) is 9.59 Å². The minimum absolute atomic E-state index is 0.0481. The molecule has 0 unspecified atom stereocenters. The Hall–Kier alpha value is -2.69. The zero-order chi connectivity index (χ0) is 17.5. The van der Waals surface area contributed by atoms with Crippen LogP contribution in [0.1, 0.15) is 38.1 Å². The van der Waals surface area contributed by atoms with Gasteiger partial charge in [0.15, 0.2) is 0 Å². The summed E-state index contributed by atoms with van der Waals surface area (Å²) in [6.07, 6.45) is 0. The maximum Gasteiger partial charge on any atom is 0.260 e. The molecule has 0 aliphatic carbocycles. The quantitative estimate of drug-likeness (QED) is 0.695. The number of benzene rings is 2. The van der Waals surface area contributed by atoms with Gasteiger partial charge in [0.1, 0.15) is 6.54 Å². The van der Waals surface area contributed by atoms with Gasteiger partial charge in [-0.1, -0.05) is 45.0 Å². The van der Waals surface area contributed by atoms with Crippen LogP contribution in [-0.4, -0.2) is 24.1 Å². The first-order chi connectivity index (χ1) is 11.3. The third kappa shape index (κ3) is 2.77. The third-order valence-electron chi connectivity index (χ3n) is 4.38. The zero-order valence-corrected chi connectivity index (χ0v) is 14.4. The van der Waals surface area contributed by atoms with E-state index in [1.165, 1.54) is 4.90 Å². The Morgan fingerprint density at radius 3 is 2.50 bits per heavy atom. The van der Waals surface area contributed by atoms with Crippen molar-refractivity contribution >= 4 is 34.0 Å². The molecule has 0 bridgehead atoms. The molecule has 2 amide bonds. The molecule has 24 heavy (non-hydrogen) atoms. The molecule has 1 N–H and O–H groups in total. The summed E-state index contributed by atoms with van der Waals surface area (Å²) in [7, 11) is 0. The second kappa shape index (κ2) is 5.74. The van der Waals surface area contributed by atoms with Crippen molar-refractivity contribution in [1.29, 1.82) is 0 Å². The number of amides is 2. The van der Waals surface area contributed by atoms with Crippen LogP contribution in [0.25, 0.3) is 10.8 Å². The Bertz CT molecular complexity index is 857. The van der Waals surface area contributed by atoms with Crippen LogP contribution in [0.4, 0.5) is 5.69 Å². The molecular formula is C19H21N3O2. The van der Waals surface area contributed by atoms with Crippen molar-refractivity contribution in [2.45, 2.75) is 27.7 Å². The van der Waals surface area contributed by atoms with Crippen LogP contribution in [0.5, 0.6) is 0 Å². The molecule has 1 aliphatic heterocycles. The first-order valence-electron chi connectivity index (χ1n) is 7.96. The van der Waals surface area contributed by atoms with Gasteiger partial charge in [0.05, 0.1) is 5.69 Å². The molecule has 0 radical (unpaired) electrons. The highest BCUT2D eigenvalue weighted by Gasteiger charge is 2.30. The van der Waals surface area contributed by atoms with Gasteiger partial charge in [-0.15, -0.1) is 0 Å². The van der Waals surface area contributed by atoms with Gasteiger partial charge < -0.3 is 0 Å². The lowest BCUT2D eigenvalue weighted by Gasteiger charge is -2.19. The summed E-state index contributed by atoms with van der Waals surface area (Å²) >= 11 is 0. The van der Waals surface area contributed by atoms with Gasteiger partial charge >= 0.3 is 0 Å². The number of carbonyl (C=O) groups excluding carboxylic acids is 2. The predicted octanol–water partition coefficient (Wildman–Crippen LogP) is 3.34. The second-order valence-corrected chi connectivity index (χ2v) is 7.05. The lowest BCUT2D eigenvalue weighted by atomic mass is 9.91. The molecule has 5 nitrogen and oxygen atoms in total. The maximum absolute atomic E-state index is 12.6. The summed E-state index contributed by atoms with van der Waals surface area (Å²) in [5, 5.41) is 6.05. The van der Waals surface area contributed by atoms with Gasteiger partial charge in [0.25, 0.3) is 11.8 Å². The standard InChI is InChI=1S/C19H21N3O2/c1-12(19(2,3)4)20-21-16(23)11-22-15-10-6-8-13-7-5-9-14(17(13)15)18(22)24/h5-10H,11H2,1-4H3,(H,21,23). The summed E-state index contributed by atoms with van der Waals surface area (Å²) in [4.78, 5) is 26.4. The van der Waals surface area contributed by atoms with Gasteiger partial charge in [-0.2, -0.15) is 5.10 Å². The minimum atomic E-state index is -0.309. The van der Waals surface area contributed by atoms with Crippen molar-refractivity contribution in [2.24, 2.45) is 10.5 Å². The van der Waals surface area contributed by atoms with Crippen LogP contribution in [0, 0.1) is 5.41 Å². The third-order valence-corrected chi connectivity index (χ3v) is 4.38. The number of rotatable bonds is 3. The van der Waals surface area contributed by atoms with Crippen LogP contribution >= 0.6 is 0 Å². The van der Waals surface area contributed by atoms with E-state index >= 15 is 0 Å². The lowest BCUT2D eigenvalue weighted by molar-refractivity contribution is -0.119. The minimum Gasteiger partial charge on any atom is -0.298 e. The highest BCUT2D eigenvalue weighted by molar-refractivity contribution is 6.26. The van der Waals surface area contributed by atoms with Crippen LogP contribution in [-0.2, 0) is 4.79 Å². The average Bonchev–Trinajstić information content (AvgIpc) is 2.80. The first-order valence-corrected chi connectivity index (χ1v) is 7.96. The van der Waals surface area contributed by atoms with Gasteiger partial charge in [0.2, 0.25) is 0 Å². The SMILES string of the molecule is CC(=NNC(=O)CN1C(=O)c2cccc3cccc1c23)C(C)(C)C. The molecule has 0 saturated heterocycles. The van der Waals surface area contributed by atoms with Gasteiger partial charge in [-0.3, -0.25) is 14.5 Å². The summed E-state index contributed by atoms with van der Waals surface area (Å²) in [5.41, 5.74) is 4.69. The van der Waals surface area contributed by atoms with E-state index < -0.39 is 0 Å². The van der Waals surface area contributed by atoms with Crippen molar-refractivity contribution in [1.82, 2.24) is 5.43 Å². The molecule has 3 rings (SSSR count). The molecule has 0 spiro atoms. The van der Waals surface area contributed by atoms with Crippen LogP contribution in [0.2, 0.25) is 0 Å². The van der Waals surface area contributed by atoms with Gasteiger partial charge in [-0.25, -0.2) is 5.43 Å². The van der Waals surface area contributed by atoms with Crippen molar-refractivity contribution in [2.75, 3.05) is 11.4 Å². The molecular weight excluding hydrogens is 302 g/mol. The van der Waals surface area contributed by atoms with Crippen molar-refractivity contribution in [3.8, 4) is 0 Å². The van der Waals surface area contributed by atoms with E-state index in [1.807, 2.05) is 58.0 Å². The molecule has 2 aromatic rings. The lowest BCUT2D eigenvalue weighted by Crippen LogP contribution is -2.38. The van der Waals surface area contributed by atoms with E-state index in [0.29, 0.717) is 5.56 Å². The molecule has 0 atom stereocenters. The fraction of sp³-hybridized carbons (Fsp3) is 0.316. The van der Waals surface area contributed by atoms with Crippen LogP contribution in [0.3, 0.4) is 0 Å². The molecule has 0 fully saturated rings. The largest absolute Gasteiger partial charge is 0.298 e. The van der Waals surface area contributed by atoms with E-state index in [2.05, 4.69) is 10.5 Å². The average molecular weight is 323 g/mol. The van der Waals surface area contributed by atoms with E-state index in [0.717, 1.165) is 22.2 Å². The predicted molar refractivity (Wildman–Crippen MR) is 96.3 cm³/mol. The fourth-order valence-electron chi connectivity index (χ4n) is 2.63. The number of hydrogen-bond donors (Lipinski definition) is 1. The zero-order valence-electron chi connectivity index (χ0n) is 14.4. The molecule has 2 aromatic carbocycles. The number of hydrogen-bond acceptors (Lipinski definition) is 3. The fourth-order valence-corrected chi connectivity index (χ4v) is 2.63. The topological polar surface area (TPSA) is 61.8 Å². The van der Waals surface area contributed by atoms with Crippen LogP contribution in [0.15, 0.2) is 41.5 Å². The summed E-state index contributed by atoms with van der Waals surface area (Å²) in [6.45, 7) is 7.91. The van der Waals surface area contributed by atoms with Gasteiger partial charge in [0, 0.05) is 22.1 Å². The maximum atomic E-state index is 12.6. The van der Waals surface area contributed by atoms with Crippen molar-refractivity contribution < 1.29 is 9.59 Å². The molecule has 5 heteroatoms. The van der Waals surface area contributed by atoms with Crippen molar-refractivity contribution in [3.05, 3.63) is 42.0 Å². The Labute approximate surface area is 141 Å². The smallest absolute Gasteiger partial charge is 0.260 e. The van der Waals surface area contributed by atoms with Crippen LogP contribution < -0.4 is 10.3 Å². The van der Waals surface area contributed by atoms with Gasteiger partial charge in [-0.05, 0) is 24.4 Å². The summed E-state index contributed by atoms with van der Waals surface area (Å²) in [6, 6.07) is 11.4. The molecule has 1 heterocycles. The van der Waals surface area contributed by atoms with E-state index in [1.54, 1.807) is 6.07 Å². The molecule has 1 aliphatic rings. The normalized spacial score (nSPS) is 14.4.